The van der Waals surface area contributed by atoms with E-state index in [9.17, 15) is 0 Å². The van der Waals surface area contributed by atoms with Gasteiger partial charge in [-0.3, -0.25) is 0 Å². The highest BCUT2D eigenvalue weighted by molar-refractivity contribution is 6.18. The molecule has 0 spiro atoms. The first-order valence-corrected chi connectivity index (χ1v) is 13.0. The van der Waals surface area contributed by atoms with Crippen molar-refractivity contribution in [3.63, 3.8) is 0 Å². The SMILES string of the molecule is CCC(=C(c1ccc(OCCCl)cc1)c1ccc2c(cnn2C2CCCCO2)c1)c1ccccc1. The van der Waals surface area contributed by atoms with Gasteiger partial charge in [0.15, 0.2) is 6.23 Å². The third-order valence-corrected chi connectivity index (χ3v) is 6.73. The molecule has 2 heterocycles. The van der Waals surface area contributed by atoms with E-state index < -0.39 is 0 Å². The molecule has 4 aromatic rings. The molecule has 0 amide bonds. The first kappa shape index (κ1) is 23.7. The molecule has 4 nitrogen and oxygen atoms in total. The normalized spacial score (nSPS) is 16.8. The van der Waals surface area contributed by atoms with Crippen molar-refractivity contribution in [3.8, 4) is 5.75 Å². The average molecular weight is 487 g/mol. The van der Waals surface area contributed by atoms with Crippen LogP contribution in [0.1, 0.15) is 55.5 Å². The Morgan fingerprint density at radius 2 is 1.80 bits per heavy atom. The summed E-state index contributed by atoms with van der Waals surface area (Å²) in [5.41, 5.74) is 7.22. The number of fused-ring (bicyclic) bond motifs is 1. The minimum absolute atomic E-state index is 0.0261. The fraction of sp³-hybridized carbons (Fsp3) is 0.300. The van der Waals surface area contributed by atoms with Gasteiger partial charge in [-0.05, 0) is 77.8 Å². The quantitative estimate of drug-likeness (QED) is 0.189. The van der Waals surface area contributed by atoms with Gasteiger partial charge in [0.25, 0.3) is 0 Å². The molecule has 3 aromatic carbocycles. The van der Waals surface area contributed by atoms with Gasteiger partial charge in [-0.2, -0.15) is 5.10 Å². The van der Waals surface area contributed by atoms with Crippen molar-refractivity contribution in [1.29, 1.82) is 0 Å². The van der Waals surface area contributed by atoms with Crippen LogP contribution in [-0.2, 0) is 4.74 Å². The van der Waals surface area contributed by atoms with Gasteiger partial charge in [-0.1, -0.05) is 55.5 Å². The highest BCUT2D eigenvalue weighted by Crippen LogP contribution is 2.37. The van der Waals surface area contributed by atoms with Crippen LogP contribution < -0.4 is 4.74 Å². The lowest BCUT2D eigenvalue weighted by Crippen LogP contribution is -2.18. The molecule has 0 saturated carbocycles. The number of nitrogens with zero attached hydrogens (tertiary/aromatic N) is 2. The second-order valence-corrected chi connectivity index (χ2v) is 9.20. The number of alkyl halides is 1. The number of benzene rings is 3. The standard InChI is InChI=1S/C30H31ClN2O2/c1-2-27(22-8-4-3-5-9-22)30(23-11-14-26(15-12-23)34-19-17-31)24-13-16-28-25(20-24)21-32-33(28)29-10-6-7-18-35-29/h3-5,8-9,11-16,20-21,29H,2,6-7,10,17-19H2,1H3. The van der Waals surface area contributed by atoms with Crippen molar-refractivity contribution in [1.82, 2.24) is 9.78 Å². The molecule has 5 heteroatoms. The van der Waals surface area contributed by atoms with Gasteiger partial charge in [0.05, 0.1) is 17.6 Å². The lowest BCUT2D eigenvalue weighted by atomic mass is 9.88. The third kappa shape index (κ3) is 5.14. The van der Waals surface area contributed by atoms with E-state index in [1.165, 1.54) is 28.7 Å². The third-order valence-electron chi connectivity index (χ3n) is 6.58. The molecule has 180 valence electrons. The fourth-order valence-electron chi connectivity index (χ4n) is 4.91. The first-order valence-electron chi connectivity index (χ1n) is 12.5. The zero-order chi connectivity index (χ0) is 24.0. The Balaban J connectivity index is 1.60. The molecular weight excluding hydrogens is 456 g/mol. The molecule has 1 atom stereocenters. The summed E-state index contributed by atoms with van der Waals surface area (Å²) in [6.07, 6.45) is 6.22. The van der Waals surface area contributed by atoms with E-state index in [4.69, 9.17) is 26.2 Å². The molecule has 1 fully saturated rings. The summed E-state index contributed by atoms with van der Waals surface area (Å²) < 4.78 is 13.8. The van der Waals surface area contributed by atoms with Gasteiger partial charge in [0.1, 0.15) is 12.4 Å². The number of aromatic nitrogens is 2. The monoisotopic (exact) mass is 486 g/mol. The number of allylic oxidation sites excluding steroid dienone is 1. The summed E-state index contributed by atoms with van der Waals surface area (Å²) in [5, 5.41) is 5.83. The molecule has 5 rings (SSSR count). The van der Waals surface area contributed by atoms with Crippen LogP contribution in [0.4, 0.5) is 0 Å². The summed E-state index contributed by atoms with van der Waals surface area (Å²) in [7, 11) is 0. The zero-order valence-corrected chi connectivity index (χ0v) is 20.9. The molecule has 1 aromatic heterocycles. The highest BCUT2D eigenvalue weighted by Gasteiger charge is 2.20. The van der Waals surface area contributed by atoms with Crippen LogP contribution in [0.5, 0.6) is 5.75 Å². The molecule has 0 N–H and O–H groups in total. The Hall–Kier alpha value is -3.08. The van der Waals surface area contributed by atoms with E-state index in [0.29, 0.717) is 12.5 Å². The number of halogens is 1. The molecule has 1 saturated heterocycles. The lowest BCUT2D eigenvalue weighted by molar-refractivity contribution is -0.0366. The molecular formula is C30H31ClN2O2. The second kappa shape index (κ2) is 11.1. The molecule has 0 aliphatic carbocycles. The molecule has 1 unspecified atom stereocenters. The van der Waals surface area contributed by atoms with E-state index in [1.807, 2.05) is 23.0 Å². The predicted octanol–water partition coefficient (Wildman–Crippen LogP) is 7.72. The topological polar surface area (TPSA) is 36.3 Å². The van der Waals surface area contributed by atoms with Gasteiger partial charge >= 0.3 is 0 Å². The summed E-state index contributed by atoms with van der Waals surface area (Å²) in [4.78, 5) is 0. The van der Waals surface area contributed by atoms with E-state index in [1.54, 1.807) is 0 Å². The van der Waals surface area contributed by atoms with Crippen molar-refractivity contribution in [2.45, 2.75) is 38.8 Å². The van der Waals surface area contributed by atoms with Crippen LogP contribution >= 0.6 is 11.6 Å². The maximum absolute atomic E-state index is 6.00. The molecule has 1 aliphatic rings. The molecule has 0 bridgehead atoms. The highest BCUT2D eigenvalue weighted by atomic mass is 35.5. The minimum atomic E-state index is 0.0261. The van der Waals surface area contributed by atoms with Crippen LogP contribution in [0.3, 0.4) is 0 Å². The summed E-state index contributed by atoms with van der Waals surface area (Å²) in [5.74, 6) is 1.30. The van der Waals surface area contributed by atoms with Crippen molar-refractivity contribution in [2.75, 3.05) is 19.1 Å². The van der Waals surface area contributed by atoms with Crippen LogP contribution in [0.2, 0.25) is 0 Å². The van der Waals surface area contributed by atoms with Gasteiger partial charge < -0.3 is 9.47 Å². The molecule has 35 heavy (non-hydrogen) atoms. The second-order valence-electron chi connectivity index (χ2n) is 8.82. The minimum Gasteiger partial charge on any atom is -0.492 e. The first-order chi connectivity index (χ1) is 17.3. The predicted molar refractivity (Wildman–Crippen MR) is 144 cm³/mol. The average Bonchev–Trinajstić information content (AvgIpc) is 3.35. The van der Waals surface area contributed by atoms with Gasteiger partial charge in [0.2, 0.25) is 0 Å². The molecule has 0 radical (unpaired) electrons. The Bertz CT molecular complexity index is 1290. The number of rotatable bonds is 8. The van der Waals surface area contributed by atoms with E-state index in [0.717, 1.165) is 48.1 Å². The maximum atomic E-state index is 6.00. The zero-order valence-electron chi connectivity index (χ0n) is 20.1. The number of hydrogen-bond acceptors (Lipinski definition) is 3. The molecule has 1 aliphatic heterocycles. The van der Waals surface area contributed by atoms with Crippen LogP contribution in [0.25, 0.3) is 22.0 Å². The summed E-state index contributed by atoms with van der Waals surface area (Å²) in [6, 6.07) is 25.6. The van der Waals surface area contributed by atoms with Gasteiger partial charge in [-0.25, -0.2) is 4.68 Å². The van der Waals surface area contributed by atoms with Crippen molar-refractivity contribution < 1.29 is 9.47 Å². The van der Waals surface area contributed by atoms with E-state index in [2.05, 4.69) is 67.6 Å². The van der Waals surface area contributed by atoms with Gasteiger partial charge in [0, 0.05) is 12.0 Å². The van der Waals surface area contributed by atoms with Crippen LogP contribution in [0, 0.1) is 0 Å². The van der Waals surface area contributed by atoms with Crippen molar-refractivity contribution >= 4 is 33.7 Å². The lowest BCUT2D eigenvalue weighted by Gasteiger charge is -2.23. The Morgan fingerprint density at radius 1 is 1.00 bits per heavy atom. The Labute approximate surface area is 212 Å². The largest absolute Gasteiger partial charge is 0.492 e. The number of hydrogen-bond donors (Lipinski definition) is 0. The Morgan fingerprint density at radius 3 is 2.51 bits per heavy atom. The van der Waals surface area contributed by atoms with E-state index in [-0.39, 0.29) is 6.23 Å². The maximum Gasteiger partial charge on any atom is 0.150 e. The Kier molecular flexibility index (Phi) is 7.51. The smallest absolute Gasteiger partial charge is 0.150 e. The summed E-state index contributed by atoms with van der Waals surface area (Å²) in [6.45, 7) is 3.52. The van der Waals surface area contributed by atoms with E-state index >= 15 is 0 Å². The fourth-order valence-corrected chi connectivity index (χ4v) is 4.99. The number of ether oxygens (including phenoxy) is 2. The van der Waals surface area contributed by atoms with Gasteiger partial charge in [-0.15, -0.1) is 11.6 Å². The van der Waals surface area contributed by atoms with Crippen LogP contribution in [0.15, 0.2) is 79.0 Å². The van der Waals surface area contributed by atoms with Crippen LogP contribution in [-0.4, -0.2) is 28.9 Å². The summed E-state index contributed by atoms with van der Waals surface area (Å²) >= 11 is 5.79. The van der Waals surface area contributed by atoms with Crippen molar-refractivity contribution in [3.05, 3.63) is 95.7 Å². The van der Waals surface area contributed by atoms with Crippen molar-refractivity contribution in [2.24, 2.45) is 0 Å².